The molecule has 1 aromatic carbocycles. The minimum absolute atomic E-state index is 0.333. The molecule has 0 unspecified atom stereocenters. The first-order valence-electron chi connectivity index (χ1n) is 5.97. The minimum atomic E-state index is -2.87. The number of hydrogen-bond donors (Lipinski definition) is 2. The second-order valence-electron chi connectivity index (χ2n) is 4.35. The lowest BCUT2D eigenvalue weighted by molar-refractivity contribution is 0.405. The Morgan fingerprint density at radius 1 is 1.22 bits per heavy atom. The zero-order valence-corrected chi connectivity index (χ0v) is 12.2. The topological polar surface area (TPSA) is 57.5 Å². The predicted octanol–water partition coefficient (Wildman–Crippen LogP) is 4.04. The van der Waals surface area contributed by atoms with Gasteiger partial charge in [0.05, 0.1) is 0 Å². The molecule has 0 aromatic heterocycles. The van der Waals surface area contributed by atoms with Crippen molar-refractivity contribution in [2.75, 3.05) is 0 Å². The third-order valence-corrected chi connectivity index (χ3v) is 3.40. The lowest BCUT2D eigenvalue weighted by Gasteiger charge is -2.27. The van der Waals surface area contributed by atoms with Gasteiger partial charge in [-0.3, -0.25) is 0 Å². The normalized spacial score (nSPS) is 10.3. The van der Waals surface area contributed by atoms with Gasteiger partial charge >= 0.3 is 8.25 Å². The fourth-order valence-corrected chi connectivity index (χ4v) is 1.68. The van der Waals surface area contributed by atoms with Crippen molar-refractivity contribution >= 4 is 14.3 Å². The summed E-state index contributed by atoms with van der Waals surface area (Å²) in [5.41, 5.74) is 2.97. The van der Waals surface area contributed by atoms with Gasteiger partial charge in [-0.05, 0) is 29.4 Å². The van der Waals surface area contributed by atoms with Crippen molar-refractivity contribution in [3.63, 3.8) is 0 Å². The summed E-state index contributed by atoms with van der Waals surface area (Å²) in [5.74, 6) is 0. The monoisotopic (exact) mass is 269 g/mol. The molecule has 0 aliphatic heterocycles. The Balaban J connectivity index is 0.000000631. The lowest BCUT2D eigenvalue weighted by atomic mass is 9.78. The van der Waals surface area contributed by atoms with Gasteiger partial charge in [-0.15, -0.1) is 9.79 Å². The summed E-state index contributed by atoms with van der Waals surface area (Å²) in [6.07, 6.45) is 4.27. The van der Waals surface area contributed by atoms with Crippen LogP contribution in [0.25, 0.3) is 6.08 Å². The SMILES string of the molecule is C=Cc1ccc(C(C)(CC)CC)cc1.O=[P+](O)O. The van der Waals surface area contributed by atoms with Gasteiger partial charge in [0.15, 0.2) is 0 Å². The Kier molecular flexibility index (Phi) is 7.69. The molecule has 2 N–H and O–H groups in total. The molecule has 0 amide bonds. The first-order chi connectivity index (χ1) is 8.39. The van der Waals surface area contributed by atoms with Gasteiger partial charge in [-0.1, -0.05) is 57.7 Å². The van der Waals surface area contributed by atoms with Crippen molar-refractivity contribution in [2.45, 2.75) is 39.0 Å². The zero-order valence-electron chi connectivity index (χ0n) is 11.3. The maximum atomic E-state index is 8.70. The van der Waals surface area contributed by atoms with Crippen LogP contribution in [0, 0.1) is 0 Å². The summed E-state index contributed by atoms with van der Waals surface area (Å²) in [6.45, 7) is 10.6. The molecule has 0 aliphatic rings. The largest absolute Gasteiger partial charge is 0.692 e. The zero-order chi connectivity index (χ0) is 14.2. The van der Waals surface area contributed by atoms with Crippen LogP contribution >= 0.6 is 8.25 Å². The van der Waals surface area contributed by atoms with Crippen molar-refractivity contribution in [3.05, 3.63) is 42.0 Å². The number of hydrogen-bond acceptors (Lipinski definition) is 1. The second kappa shape index (κ2) is 8.15. The van der Waals surface area contributed by atoms with Crippen molar-refractivity contribution in [1.29, 1.82) is 0 Å². The van der Waals surface area contributed by atoms with E-state index in [0.717, 1.165) is 0 Å². The minimum Gasteiger partial charge on any atom is -0.134 e. The highest BCUT2D eigenvalue weighted by atomic mass is 31.1. The van der Waals surface area contributed by atoms with Crippen molar-refractivity contribution in [2.24, 2.45) is 0 Å². The van der Waals surface area contributed by atoms with E-state index in [-0.39, 0.29) is 0 Å². The van der Waals surface area contributed by atoms with E-state index in [9.17, 15) is 0 Å². The van der Waals surface area contributed by atoms with Crippen molar-refractivity contribution < 1.29 is 14.4 Å². The van der Waals surface area contributed by atoms with Crippen LogP contribution in [0.3, 0.4) is 0 Å². The maximum absolute atomic E-state index is 8.70. The molecule has 0 bridgehead atoms. The second-order valence-corrected chi connectivity index (χ2v) is 4.85. The van der Waals surface area contributed by atoms with Crippen LogP contribution in [0.5, 0.6) is 0 Å². The Bertz CT molecular complexity index is 377. The average Bonchev–Trinajstić information content (AvgIpc) is 2.37. The highest BCUT2D eigenvalue weighted by molar-refractivity contribution is 7.30. The first kappa shape index (κ1) is 17.0. The van der Waals surface area contributed by atoms with Crippen LogP contribution in [-0.2, 0) is 9.98 Å². The molecule has 0 heterocycles. The Morgan fingerprint density at radius 2 is 1.61 bits per heavy atom. The van der Waals surface area contributed by atoms with E-state index in [1.165, 1.54) is 24.0 Å². The quantitative estimate of drug-likeness (QED) is 0.811. The fraction of sp³-hybridized carbons (Fsp3) is 0.429. The van der Waals surface area contributed by atoms with E-state index in [1.54, 1.807) is 0 Å². The van der Waals surface area contributed by atoms with Gasteiger partial charge in [0.25, 0.3) is 0 Å². The Labute approximate surface area is 110 Å². The molecule has 18 heavy (non-hydrogen) atoms. The van der Waals surface area contributed by atoms with Gasteiger partial charge < -0.3 is 0 Å². The van der Waals surface area contributed by atoms with Crippen LogP contribution in [-0.4, -0.2) is 9.79 Å². The highest BCUT2D eigenvalue weighted by Crippen LogP contribution is 2.30. The van der Waals surface area contributed by atoms with Crippen molar-refractivity contribution in [3.8, 4) is 0 Å². The summed E-state index contributed by atoms with van der Waals surface area (Å²) in [7, 11) is -2.87. The van der Waals surface area contributed by atoms with E-state index in [2.05, 4.69) is 51.6 Å². The van der Waals surface area contributed by atoms with Gasteiger partial charge in [-0.25, -0.2) is 0 Å². The summed E-state index contributed by atoms with van der Waals surface area (Å²) in [4.78, 5) is 14.2. The summed E-state index contributed by atoms with van der Waals surface area (Å²) >= 11 is 0. The molecule has 0 spiro atoms. The molecule has 3 nitrogen and oxygen atoms in total. The molecule has 0 saturated carbocycles. The van der Waals surface area contributed by atoms with Gasteiger partial charge in [-0.2, -0.15) is 0 Å². The Hall–Kier alpha value is -1.02. The standard InChI is InChI=1S/C14H20.HO3P/c1-5-12-8-10-13(11-9-12)14(4,6-2)7-3;1-4(2)3/h5,8-11H,1,6-7H2,2-4H3;(H-,1,2,3)/p+1. The maximum Gasteiger partial charge on any atom is 0.692 e. The summed E-state index contributed by atoms with van der Waals surface area (Å²) < 4.78 is 8.70. The molecule has 0 atom stereocenters. The molecule has 0 aliphatic carbocycles. The summed E-state index contributed by atoms with van der Waals surface area (Å²) in [6, 6.07) is 8.74. The van der Waals surface area contributed by atoms with E-state index in [4.69, 9.17) is 14.4 Å². The van der Waals surface area contributed by atoms with Crippen LogP contribution in [0.1, 0.15) is 44.7 Å². The summed E-state index contributed by atoms with van der Waals surface area (Å²) in [5, 5.41) is 0. The van der Waals surface area contributed by atoms with E-state index in [0.29, 0.717) is 5.41 Å². The van der Waals surface area contributed by atoms with Gasteiger partial charge in [0, 0.05) is 4.57 Å². The molecule has 1 aromatic rings. The van der Waals surface area contributed by atoms with Crippen LogP contribution in [0.4, 0.5) is 0 Å². The van der Waals surface area contributed by atoms with Crippen molar-refractivity contribution in [1.82, 2.24) is 0 Å². The Morgan fingerprint density at radius 3 is 1.89 bits per heavy atom. The predicted molar refractivity (Wildman–Crippen MR) is 76.5 cm³/mol. The smallest absolute Gasteiger partial charge is 0.134 e. The number of benzene rings is 1. The van der Waals surface area contributed by atoms with E-state index >= 15 is 0 Å². The third-order valence-electron chi connectivity index (χ3n) is 3.40. The van der Waals surface area contributed by atoms with Crippen LogP contribution in [0.2, 0.25) is 0 Å². The third kappa shape index (κ3) is 5.54. The average molecular weight is 269 g/mol. The van der Waals surface area contributed by atoms with E-state index < -0.39 is 8.25 Å². The van der Waals surface area contributed by atoms with Gasteiger partial charge in [0.2, 0.25) is 0 Å². The molecular formula is C14H22O3P+. The molecule has 0 saturated heterocycles. The lowest BCUT2D eigenvalue weighted by Crippen LogP contribution is -2.19. The van der Waals surface area contributed by atoms with E-state index in [1.807, 2.05) is 6.08 Å². The molecular weight excluding hydrogens is 247 g/mol. The van der Waals surface area contributed by atoms with Crippen LogP contribution < -0.4 is 0 Å². The molecule has 1 rings (SSSR count). The van der Waals surface area contributed by atoms with Gasteiger partial charge in [0.1, 0.15) is 0 Å². The molecule has 0 radical (unpaired) electrons. The molecule has 100 valence electrons. The number of rotatable bonds is 4. The molecule has 4 heteroatoms. The fourth-order valence-electron chi connectivity index (χ4n) is 1.68. The highest BCUT2D eigenvalue weighted by Gasteiger charge is 2.21. The first-order valence-corrected chi connectivity index (χ1v) is 7.14. The molecule has 0 fully saturated rings. The van der Waals surface area contributed by atoms with Crippen LogP contribution in [0.15, 0.2) is 30.8 Å².